The molecule has 5 nitrogen and oxygen atoms in total. The van der Waals surface area contributed by atoms with E-state index in [1.165, 1.54) is 4.68 Å². The minimum Gasteiger partial charge on any atom is -0.327 e. The molecule has 0 bridgehead atoms. The minimum atomic E-state index is -4.59. The van der Waals surface area contributed by atoms with E-state index in [1.807, 2.05) is 4.90 Å². The summed E-state index contributed by atoms with van der Waals surface area (Å²) >= 11 is 0. The Morgan fingerprint density at radius 2 is 1.72 bits per heavy atom. The van der Waals surface area contributed by atoms with Gasteiger partial charge in [0.05, 0.1) is 13.1 Å². The molecule has 2 aromatic rings. The topological polar surface area (TPSA) is 60.0 Å². The van der Waals surface area contributed by atoms with Crippen LogP contribution in [-0.2, 0) is 19.3 Å². The maximum absolute atomic E-state index is 14.1. The van der Waals surface area contributed by atoms with Crippen molar-refractivity contribution in [1.82, 2.24) is 19.7 Å². The van der Waals surface area contributed by atoms with Crippen molar-refractivity contribution in [2.45, 2.75) is 56.5 Å². The molecule has 1 aromatic carbocycles. The van der Waals surface area contributed by atoms with Crippen LogP contribution in [0.3, 0.4) is 0 Å². The molecule has 11 heteroatoms. The molecule has 1 fully saturated rings. The van der Waals surface area contributed by atoms with Gasteiger partial charge in [0.15, 0.2) is 11.6 Å². The standard InChI is InChI=1S/C18H19F6N5/c19-12-7-14(21)13(20)6-11(12)10-2-1-9(5-15(10)25)28-3-4-29-16(8-28)26-17(27-29)18(22,23)24/h6-7,9-10,15H,1-5,8,25H2/t9-,10+,15-/m0/s1. The second-order valence-electron chi connectivity index (χ2n) is 7.57. The highest BCUT2D eigenvalue weighted by Gasteiger charge is 2.39. The zero-order chi connectivity index (χ0) is 20.9. The Morgan fingerprint density at radius 3 is 2.41 bits per heavy atom. The smallest absolute Gasteiger partial charge is 0.327 e. The van der Waals surface area contributed by atoms with Crippen molar-refractivity contribution >= 4 is 0 Å². The SMILES string of the molecule is N[C@H]1C[C@@H](N2CCn3nc(C(F)(F)F)nc3C2)CC[C@@H]1c1cc(F)c(F)cc1F. The van der Waals surface area contributed by atoms with Crippen LogP contribution >= 0.6 is 0 Å². The van der Waals surface area contributed by atoms with Crippen LogP contribution in [0.25, 0.3) is 0 Å². The van der Waals surface area contributed by atoms with Crippen molar-refractivity contribution in [1.29, 1.82) is 0 Å². The second-order valence-corrected chi connectivity index (χ2v) is 7.57. The summed E-state index contributed by atoms with van der Waals surface area (Å²) in [4.78, 5) is 5.61. The Kier molecular flexibility index (Phi) is 5.06. The minimum absolute atomic E-state index is 0.0191. The Bertz CT molecular complexity index is 911. The molecule has 158 valence electrons. The molecule has 2 heterocycles. The number of halogens is 6. The monoisotopic (exact) mass is 419 g/mol. The maximum Gasteiger partial charge on any atom is 0.453 e. The zero-order valence-electron chi connectivity index (χ0n) is 15.3. The molecule has 0 unspecified atom stereocenters. The molecule has 0 saturated heterocycles. The highest BCUT2D eigenvalue weighted by molar-refractivity contribution is 5.26. The number of nitrogens with zero attached hydrogens (tertiary/aromatic N) is 4. The van der Waals surface area contributed by atoms with Gasteiger partial charge in [-0.1, -0.05) is 0 Å². The van der Waals surface area contributed by atoms with E-state index in [0.717, 1.165) is 6.07 Å². The first-order valence-corrected chi connectivity index (χ1v) is 9.28. The van der Waals surface area contributed by atoms with Crippen LogP contribution in [0.1, 0.15) is 42.4 Å². The lowest BCUT2D eigenvalue weighted by Crippen LogP contribution is -2.48. The van der Waals surface area contributed by atoms with E-state index < -0.39 is 41.4 Å². The molecular weight excluding hydrogens is 400 g/mol. The number of nitrogens with two attached hydrogens (primary N) is 1. The highest BCUT2D eigenvalue weighted by atomic mass is 19.4. The van der Waals surface area contributed by atoms with E-state index in [9.17, 15) is 26.3 Å². The summed E-state index contributed by atoms with van der Waals surface area (Å²) in [6.07, 6.45) is -3.06. The fourth-order valence-electron chi connectivity index (χ4n) is 4.31. The van der Waals surface area contributed by atoms with E-state index in [2.05, 4.69) is 10.1 Å². The quantitative estimate of drug-likeness (QED) is 0.600. The highest BCUT2D eigenvalue weighted by Crippen LogP contribution is 2.37. The average Bonchev–Trinajstić information content (AvgIpc) is 3.09. The molecule has 1 aromatic heterocycles. The summed E-state index contributed by atoms with van der Waals surface area (Å²) in [7, 11) is 0. The first-order chi connectivity index (χ1) is 13.6. The van der Waals surface area contributed by atoms with Crippen LogP contribution in [0, 0.1) is 17.5 Å². The summed E-state index contributed by atoms with van der Waals surface area (Å²) < 4.78 is 80.6. The number of hydrogen-bond acceptors (Lipinski definition) is 4. The summed E-state index contributed by atoms with van der Waals surface area (Å²) in [6, 6.07) is 0.879. The molecule has 0 amide bonds. The van der Waals surface area contributed by atoms with Crippen molar-refractivity contribution < 1.29 is 26.3 Å². The number of benzene rings is 1. The number of hydrogen-bond donors (Lipinski definition) is 1. The molecule has 3 atom stereocenters. The molecule has 29 heavy (non-hydrogen) atoms. The van der Waals surface area contributed by atoms with Crippen LogP contribution in [0.2, 0.25) is 0 Å². The lowest BCUT2D eigenvalue weighted by molar-refractivity contribution is -0.145. The first kappa shape index (κ1) is 20.1. The number of fused-ring (bicyclic) bond motifs is 1. The Morgan fingerprint density at radius 1 is 1.00 bits per heavy atom. The van der Waals surface area contributed by atoms with Gasteiger partial charge in [0.25, 0.3) is 5.82 Å². The predicted octanol–water partition coefficient (Wildman–Crippen LogP) is 3.19. The van der Waals surface area contributed by atoms with Crippen LogP contribution in [0.15, 0.2) is 12.1 Å². The molecule has 1 aliphatic heterocycles. The van der Waals surface area contributed by atoms with Crippen molar-refractivity contribution in [3.8, 4) is 0 Å². The molecule has 1 saturated carbocycles. The fourth-order valence-corrected chi connectivity index (χ4v) is 4.31. The second kappa shape index (κ2) is 7.28. The third kappa shape index (κ3) is 3.85. The third-order valence-electron chi connectivity index (χ3n) is 5.77. The van der Waals surface area contributed by atoms with Crippen LogP contribution in [-0.4, -0.2) is 38.3 Å². The Hall–Kier alpha value is -2.14. The average molecular weight is 419 g/mol. The van der Waals surface area contributed by atoms with E-state index in [1.54, 1.807) is 0 Å². The summed E-state index contributed by atoms with van der Waals surface area (Å²) in [5, 5.41) is 3.51. The largest absolute Gasteiger partial charge is 0.453 e. The fraction of sp³-hybridized carbons (Fsp3) is 0.556. The van der Waals surface area contributed by atoms with Gasteiger partial charge >= 0.3 is 6.18 Å². The number of rotatable bonds is 2. The summed E-state index contributed by atoms with van der Waals surface area (Å²) in [5.41, 5.74) is 6.29. The van der Waals surface area contributed by atoms with Gasteiger partial charge in [-0.15, -0.1) is 5.10 Å². The van der Waals surface area contributed by atoms with Gasteiger partial charge in [-0.3, -0.25) is 4.90 Å². The number of alkyl halides is 3. The zero-order valence-corrected chi connectivity index (χ0v) is 15.3. The van der Waals surface area contributed by atoms with Gasteiger partial charge in [0, 0.05) is 30.6 Å². The summed E-state index contributed by atoms with van der Waals surface area (Å²) in [6.45, 7) is 0.991. The molecule has 0 spiro atoms. The number of aromatic nitrogens is 3. The van der Waals surface area contributed by atoms with E-state index in [0.29, 0.717) is 31.9 Å². The molecule has 2 N–H and O–H groups in total. The molecule has 4 rings (SSSR count). The van der Waals surface area contributed by atoms with Crippen LogP contribution in [0.4, 0.5) is 26.3 Å². The third-order valence-corrected chi connectivity index (χ3v) is 5.77. The first-order valence-electron chi connectivity index (χ1n) is 9.28. The van der Waals surface area contributed by atoms with Gasteiger partial charge in [0.1, 0.15) is 11.6 Å². The van der Waals surface area contributed by atoms with Gasteiger partial charge in [-0.25, -0.2) is 22.8 Å². The molecular formula is C18H19F6N5. The lowest BCUT2D eigenvalue weighted by Gasteiger charge is -2.41. The molecule has 1 aliphatic carbocycles. The lowest BCUT2D eigenvalue weighted by atomic mass is 9.77. The van der Waals surface area contributed by atoms with Crippen molar-refractivity contribution in [2.24, 2.45) is 5.73 Å². The van der Waals surface area contributed by atoms with E-state index in [-0.39, 0.29) is 30.5 Å². The van der Waals surface area contributed by atoms with Crippen molar-refractivity contribution in [3.63, 3.8) is 0 Å². The van der Waals surface area contributed by atoms with Gasteiger partial charge in [-0.2, -0.15) is 13.2 Å². The van der Waals surface area contributed by atoms with Crippen molar-refractivity contribution in [3.05, 3.63) is 46.8 Å². The van der Waals surface area contributed by atoms with Crippen LogP contribution in [0.5, 0.6) is 0 Å². The molecule has 2 aliphatic rings. The Balaban J connectivity index is 1.46. The Labute approximate surface area is 162 Å². The van der Waals surface area contributed by atoms with Gasteiger partial charge in [0.2, 0.25) is 0 Å². The van der Waals surface area contributed by atoms with Gasteiger partial charge in [-0.05, 0) is 30.9 Å². The van der Waals surface area contributed by atoms with Crippen LogP contribution < -0.4 is 5.73 Å². The predicted molar refractivity (Wildman–Crippen MR) is 90.1 cm³/mol. The normalized spacial score (nSPS) is 25.8. The van der Waals surface area contributed by atoms with E-state index >= 15 is 0 Å². The van der Waals surface area contributed by atoms with E-state index in [4.69, 9.17) is 5.73 Å². The molecule has 0 radical (unpaired) electrons. The maximum atomic E-state index is 14.1. The van der Waals surface area contributed by atoms with Gasteiger partial charge < -0.3 is 5.73 Å². The summed E-state index contributed by atoms with van der Waals surface area (Å²) in [5.74, 6) is -4.55. The van der Waals surface area contributed by atoms with Crippen molar-refractivity contribution in [2.75, 3.05) is 6.54 Å².